The van der Waals surface area contributed by atoms with E-state index in [1.807, 2.05) is 24.2 Å². The number of nitrogens with one attached hydrogen (secondary N) is 1. The Labute approximate surface area is 187 Å². The second-order valence-corrected chi connectivity index (χ2v) is 8.10. The summed E-state index contributed by atoms with van der Waals surface area (Å²) in [6.45, 7) is 2.29. The van der Waals surface area contributed by atoms with Gasteiger partial charge in [-0.3, -0.25) is 0 Å². The Kier molecular flexibility index (Phi) is 5.79. The maximum Gasteiger partial charge on any atom is 0.191 e. The monoisotopic (exact) mass is 492 g/mol. The van der Waals surface area contributed by atoms with E-state index in [9.17, 15) is 0 Å². The van der Waals surface area contributed by atoms with Crippen LogP contribution in [0.25, 0.3) is 11.0 Å². The highest BCUT2D eigenvalue weighted by atomic mass is 79.9. The molecule has 1 aliphatic rings. The molecular formula is C22H23BrF2N4O2. The number of fused-ring (bicyclic) bond motifs is 3. The van der Waals surface area contributed by atoms with Crippen LogP contribution in [0.3, 0.4) is 0 Å². The van der Waals surface area contributed by atoms with Gasteiger partial charge in [0.25, 0.3) is 0 Å². The highest BCUT2D eigenvalue weighted by molar-refractivity contribution is 9.10. The van der Waals surface area contributed by atoms with Crippen molar-refractivity contribution in [3.05, 3.63) is 52.0 Å². The molecule has 4 rings (SSSR count). The number of rotatable bonds is 5. The van der Waals surface area contributed by atoms with Crippen LogP contribution in [0.1, 0.15) is 25.3 Å². The quantitative estimate of drug-likeness (QED) is 0.493. The van der Waals surface area contributed by atoms with Gasteiger partial charge in [0.15, 0.2) is 23.1 Å². The van der Waals surface area contributed by atoms with Crippen molar-refractivity contribution in [2.45, 2.75) is 26.3 Å². The maximum atomic E-state index is 15.4. The first kappa shape index (κ1) is 21.4. The second kappa shape index (κ2) is 8.37. The third kappa shape index (κ3) is 3.40. The number of benzene rings is 1. The van der Waals surface area contributed by atoms with Crippen molar-refractivity contribution in [1.82, 2.24) is 9.97 Å². The lowest BCUT2D eigenvalue weighted by Gasteiger charge is -2.40. The normalized spacial score (nSPS) is 15.0. The molecule has 0 saturated carbocycles. The number of allylic oxidation sites excluding steroid dienone is 1. The van der Waals surface area contributed by atoms with Crippen LogP contribution in [0.2, 0.25) is 0 Å². The molecule has 0 spiro atoms. The van der Waals surface area contributed by atoms with E-state index in [1.165, 1.54) is 20.3 Å². The molecule has 0 aliphatic carbocycles. The van der Waals surface area contributed by atoms with E-state index in [-0.39, 0.29) is 23.7 Å². The number of unbranched alkanes of at least 4 members (excludes halogenated alkanes) is 1. The van der Waals surface area contributed by atoms with Gasteiger partial charge in [0.1, 0.15) is 17.2 Å². The van der Waals surface area contributed by atoms with E-state index in [2.05, 4.69) is 32.8 Å². The smallest absolute Gasteiger partial charge is 0.191 e. The van der Waals surface area contributed by atoms with Crippen LogP contribution in [-0.4, -0.2) is 31.2 Å². The van der Waals surface area contributed by atoms with Gasteiger partial charge in [-0.15, -0.1) is 0 Å². The van der Waals surface area contributed by atoms with Crippen LogP contribution in [0, 0.1) is 11.6 Å². The van der Waals surface area contributed by atoms with Gasteiger partial charge in [-0.25, -0.2) is 13.8 Å². The first-order chi connectivity index (χ1) is 14.9. The molecule has 31 heavy (non-hydrogen) atoms. The molecule has 1 aromatic carbocycles. The molecule has 0 saturated heterocycles. The van der Waals surface area contributed by atoms with Crippen LogP contribution in [-0.2, 0) is 6.54 Å². The topological polar surface area (TPSA) is 53.6 Å². The Bertz CT molecular complexity index is 1150. The van der Waals surface area contributed by atoms with Gasteiger partial charge in [-0.2, -0.15) is 0 Å². The van der Waals surface area contributed by atoms with E-state index >= 15 is 8.78 Å². The van der Waals surface area contributed by atoms with Crippen LogP contribution in [0.5, 0.6) is 11.5 Å². The Morgan fingerprint density at radius 1 is 1.19 bits per heavy atom. The molecule has 0 fully saturated rings. The SMILES string of the molecule is CCC/C=C1/N(C)c2c(cnc3[nH]cc(Br)c23)CN1c1c(F)c(OC)cc(OC)c1F. The van der Waals surface area contributed by atoms with Crippen LogP contribution >= 0.6 is 15.9 Å². The minimum absolute atomic E-state index is 0.0847. The zero-order valence-electron chi connectivity index (χ0n) is 17.7. The van der Waals surface area contributed by atoms with E-state index in [4.69, 9.17) is 9.47 Å². The van der Waals surface area contributed by atoms with Crippen LogP contribution in [0.15, 0.2) is 34.8 Å². The Morgan fingerprint density at radius 3 is 2.48 bits per heavy atom. The molecule has 6 nitrogen and oxygen atoms in total. The predicted molar refractivity (Wildman–Crippen MR) is 121 cm³/mol. The number of nitrogens with zero attached hydrogens (tertiary/aromatic N) is 3. The van der Waals surface area contributed by atoms with Crippen molar-refractivity contribution in [2.75, 3.05) is 31.1 Å². The fourth-order valence-electron chi connectivity index (χ4n) is 3.95. The molecule has 0 radical (unpaired) electrons. The summed E-state index contributed by atoms with van der Waals surface area (Å²) in [5, 5.41) is 0.922. The third-order valence-corrected chi connectivity index (χ3v) is 6.05. The zero-order chi connectivity index (χ0) is 22.3. The molecule has 3 heterocycles. The summed E-state index contributed by atoms with van der Waals surface area (Å²) >= 11 is 3.58. The van der Waals surface area contributed by atoms with Crippen LogP contribution in [0.4, 0.5) is 20.2 Å². The summed E-state index contributed by atoms with van der Waals surface area (Å²) in [7, 11) is 4.57. The fraction of sp³-hybridized carbons (Fsp3) is 0.318. The van der Waals surface area contributed by atoms with Crippen molar-refractivity contribution >= 4 is 38.3 Å². The highest BCUT2D eigenvalue weighted by Crippen LogP contribution is 2.45. The average Bonchev–Trinajstić information content (AvgIpc) is 3.14. The van der Waals surface area contributed by atoms with Gasteiger partial charge in [0, 0.05) is 35.5 Å². The second-order valence-electron chi connectivity index (χ2n) is 7.25. The van der Waals surface area contributed by atoms with Crippen molar-refractivity contribution in [2.24, 2.45) is 0 Å². The number of hydrogen-bond donors (Lipinski definition) is 1. The first-order valence-corrected chi connectivity index (χ1v) is 10.7. The van der Waals surface area contributed by atoms with Gasteiger partial charge in [0.05, 0.1) is 31.8 Å². The summed E-state index contributed by atoms with van der Waals surface area (Å²) in [4.78, 5) is 11.2. The molecule has 0 amide bonds. The number of aromatic amines is 1. The van der Waals surface area contributed by atoms with Gasteiger partial charge in [-0.1, -0.05) is 13.3 Å². The van der Waals surface area contributed by atoms with Gasteiger partial charge >= 0.3 is 0 Å². The molecule has 1 aliphatic heterocycles. The van der Waals surface area contributed by atoms with E-state index in [0.29, 0.717) is 5.82 Å². The number of aromatic nitrogens is 2. The third-order valence-electron chi connectivity index (χ3n) is 5.42. The molecule has 164 valence electrons. The Hall–Kier alpha value is -2.81. The molecule has 0 bridgehead atoms. The van der Waals surface area contributed by atoms with E-state index < -0.39 is 11.6 Å². The summed E-state index contributed by atoms with van der Waals surface area (Å²) in [5.74, 6) is -1.06. The van der Waals surface area contributed by atoms with Crippen molar-refractivity contribution < 1.29 is 18.3 Å². The van der Waals surface area contributed by atoms with E-state index in [1.54, 1.807) is 11.1 Å². The van der Waals surface area contributed by atoms with Crippen molar-refractivity contribution in [1.29, 1.82) is 0 Å². The molecule has 1 N–H and O–H groups in total. The predicted octanol–water partition coefficient (Wildman–Crippen LogP) is 5.72. The maximum absolute atomic E-state index is 15.4. The summed E-state index contributed by atoms with van der Waals surface area (Å²) in [6, 6.07) is 1.22. The number of hydrogen-bond acceptors (Lipinski definition) is 5. The summed E-state index contributed by atoms with van der Waals surface area (Å²) < 4.78 is 41.9. The van der Waals surface area contributed by atoms with Gasteiger partial charge in [0.2, 0.25) is 0 Å². The standard InChI is InChI=1S/C22H23BrF2N4O2/c1-5-6-7-16-28(2)20-12(9-26-22-17(20)13(23)10-27-22)11-29(16)21-18(24)14(30-3)8-15(31-4)19(21)25/h7-10H,5-6,11H2,1-4H3,(H,26,27)/b16-7-. The average molecular weight is 493 g/mol. The molecule has 9 heteroatoms. The fourth-order valence-corrected chi connectivity index (χ4v) is 4.44. The number of H-pyrrole nitrogens is 1. The number of pyridine rings is 1. The Morgan fingerprint density at radius 2 is 1.87 bits per heavy atom. The van der Waals surface area contributed by atoms with Gasteiger partial charge < -0.3 is 24.3 Å². The minimum Gasteiger partial charge on any atom is -0.493 e. The van der Waals surface area contributed by atoms with Crippen molar-refractivity contribution in [3.8, 4) is 11.5 Å². The minimum atomic E-state index is -0.781. The first-order valence-electron chi connectivity index (χ1n) is 9.88. The lowest BCUT2D eigenvalue weighted by atomic mass is 10.1. The Balaban J connectivity index is 1.97. The number of ether oxygens (including phenoxy) is 2. The number of methoxy groups -OCH3 is 2. The van der Waals surface area contributed by atoms with Crippen molar-refractivity contribution in [3.63, 3.8) is 0 Å². The molecule has 2 aromatic heterocycles. The molecular weight excluding hydrogens is 470 g/mol. The highest BCUT2D eigenvalue weighted by Gasteiger charge is 2.34. The lowest BCUT2D eigenvalue weighted by molar-refractivity contribution is 0.358. The van der Waals surface area contributed by atoms with Gasteiger partial charge in [-0.05, 0) is 28.4 Å². The zero-order valence-corrected chi connectivity index (χ0v) is 19.3. The van der Waals surface area contributed by atoms with E-state index in [0.717, 1.165) is 39.6 Å². The summed E-state index contributed by atoms with van der Waals surface area (Å²) in [5.41, 5.74) is 2.29. The summed E-state index contributed by atoms with van der Waals surface area (Å²) in [6.07, 6.45) is 7.19. The largest absolute Gasteiger partial charge is 0.493 e. The number of anilines is 2. The molecule has 0 atom stereocenters. The lowest BCUT2D eigenvalue weighted by Crippen LogP contribution is -2.39. The molecule has 0 unspecified atom stereocenters. The van der Waals surface area contributed by atoms with Crippen LogP contribution < -0.4 is 19.3 Å². The number of halogens is 3. The molecule has 3 aromatic rings.